The third kappa shape index (κ3) is 3.27. The van der Waals surface area contributed by atoms with Crippen molar-refractivity contribution >= 4 is 0 Å². The highest BCUT2D eigenvalue weighted by Crippen LogP contribution is 2.60. The van der Waals surface area contributed by atoms with Gasteiger partial charge in [-0.15, -0.1) is 0 Å². The van der Waals surface area contributed by atoms with E-state index in [0.29, 0.717) is 16.5 Å². The van der Waals surface area contributed by atoms with E-state index in [1.165, 1.54) is 69.8 Å². The topological polar surface area (TPSA) is 47.6 Å². The third-order valence-electron chi connectivity index (χ3n) is 7.32. The van der Waals surface area contributed by atoms with Crippen LogP contribution in [-0.2, 0) is 11.8 Å². The van der Waals surface area contributed by atoms with Gasteiger partial charge in [-0.05, 0) is 73.3 Å². The molecule has 3 aliphatic rings. The summed E-state index contributed by atoms with van der Waals surface area (Å²) in [6.45, 7) is 4.41. The monoisotopic (exact) mass is 348 g/mol. The Bertz CT molecular complexity index is 707. The van der Waals surface area contributed by atoms with Crippen LogP contribution in [0.4, 0.5) is 0 Å². The van der Waals surface area contributed by atoms with Crippen LogP contribution in [0.5, 0.6) is 0 Å². The number of fused-ring (bicyclic) bond motifs is 3. The summed E-state index contributed by atoms with van der Waals surface area (Å²) in [6, 6.07) is 9.09. The molecule has 0 atom stereocenters. The first-order valence-corrected chi connectivity index (χ1v) is 10.6. The summed E-state index contributed by atoms with van der Waals surface area (Å²) in [7, 11) is 0. The minimum absolute atomic E-state index is 0.147. The number of benzene rings is 1. The number of nitrogens with zero attached hydrogens (tertiary/aromatic N) is 2. The molecule has 0 amide bonds. The highest BCUT2D eigenvalue weighted by atomic mass is 14.5. The molecule has 0 aliphatic heterocycles. The lowest BCUT2D eigenvalue weighted by molar-refractivity contribution is 0.0304. The number of hydrogen-bond donors (Lipinski definition) is 0. The Kier molecular flexibility index (Phi) is 5.72. The van der Waals surface area contributed by atoms with Gasteiger partial charge in [-0.25, -0.2) is 0 Å². The molecule has 26 heavy (non-hydrogen) atoms. The van der Waals surface area contributed by atoms with E-state index in [4.69, 9.17) is 0 Å². The van der Waals surface area contributed by atoms with Gasteiger partial charge in [-0.2, -0.15) is 10.5 Å². The lowest BCUT2D eigenvalue weighted by Gasteiger charge is -2.54. The second-order valence-corrected chi connectivity index (χ2v) is 8.73. The Morgan fingerprint density at radius 2 is 1.50 bits per heavy atom. The van der Waals surface area contributed by atoms with Crippen molar-refractivity contribution in [2.45, 2.75) is 96.3 Å². The fourth-order valence-electron chi connectivity index (χ4n) is 5.60. The average Bonchev–Trinajstić information content (AvgIpc) is 2.69. The maximum absolute atomic E-state index is 9.87. The fraction of sp³-hybridized carbons (Fsp3) is 0.667. The zero-order valence-electron chi connectivity index (χ0n) is 16.5. The number of hydrogen-bond acceptors (Lipinski definition) is 2. The van der Waals surface area contributed by atoms with Crippen molar-refractivity contribution in [2.75, 3.05) is 0 Å². The van der Waals surface area contributed by atoms with Crippen molar-refractivity contribution in [2.24, 2.45) is 5.41 Å². The fourth-order valence-corrected chi connectivity index (χ4v) is 5.60. The lowest BCUT2D eigenvalue weighted by Crippen LogP contribution is -2.44. The van der Waals surface area contributed by atoms with Crippen molar-refractivity contribution < 1.29 is 0 Å². The number of unbranched alkanes of at least 4 members (excludes halogenated alkanes) is 2. The van der Waals surface area contributed by atoms with Gasteiger partial charge in [0.2, 0.25) is 0 Å². The maximum atomic E-state index is 9.87. The summed E-state index contributed by atoms with van der Waals surface area (Å²) >= 11 is 0. The van der Waals surface area contributed by atoms with Crippen molar-refractivity contribution in [3.63, 3.8) is 0 Å². The maximum Gasteiger partial charge on any atom is 0.101 e. The average molecular weight is 349 g/mol. The smallest absolute Gasteiger partial charge is 0.101 e. The molecule has 3 saturated carbocycles. The van der Waals surface area contributed by atoms with Gasteiger partial charge in [0.05, 0.1) is 11.1 Å². The molecule has 1 aromatic rings. The van der Waals surface area contributed by atoms with E-state index >= 15 is 0 Å². The highest BCUT2D eigenvalue weighted by molar-refractivity contribution is 5.57. The van der Waals surface area contributed by atoms with Gasteiger partial charge < -0.3 is 0 Å². The normalized spacial score (nSPS) is 27.1. The summed E-state index contributed by atoms with van der Waals surface area (Å²) in [5.41, 5.74) is 4.27. The zero-order chi connectivity index (χ0) is 18.6. The molecule has 3 fully saturated rings. The summed E-state index contributed by atoms with van der Waals surface area (Å²) in [6.07, 6.45) is 14.8. The third-order valence-corrected chi connectivity index (χ3v) is 7.32. The van der Waals surface area contributed by atoms with Crippen LogP contribution in [0.3, 0.4) is 0 Å². The molecule has 0 N–H and O–H groups in total. The predicted octanol–water partition coefficient (Wildman–Crippen LogP) is 6.55. The van der Waals surface area contributed by atoms with Crippen LogP contribution in [0.1, 0.15) is 107 Å². The van der Waals surface area contributed by atoms with Crippen molar-refractivity contribution in [3.05, 3.63) is 34.4 Å². The number of aryl methyl sites for hydroxylation is 1. The van der Waals surface area contributed by atoms with Crippen LogP contribution < -0.4 is 0 Å². The molecule has 2 nitrogen and oxygen atoms in total. The first-order valence-electron chi connectivity index (χ1n) is 10.6. The summed E-state index contributed by atoms with van der Waals surface area (Å²) in [4.78, 5) is 0. The van der Waals surface area contributed by atoms with Crippen molar-refractivity contribution in [1.82, 2.24) is 0 Å². The van der Waals surface area contributed by atoms with Crippen LogP contribution in [0, 0.1) is 28.1 Å². The van der Waals surface area contributed by atoms with Gasteiger partial charge in [0, 0.05) is 0 Å². The minimum Gasteiger partial charge on any atom is -0.192 e. The molecule has 1 aromatic carbocycles. The standard InChI is InChI=1S/C24H32N2/c1-3-5-6-10-23-11-14-24(15-12-23,16-13-23)22-9-8-19(7-4-2)20(17-25)21(22)18-26/h8-9H,3-7,10-16H2,1-2H3. The summed E-state index contributed by atoms with van der Waals surface area (Å²) in [5, 5.41) is 19.6. The van der Waals surface area contributed by atoms with Crippen LogP contribution >= 0.6 is 0 Å². The van der Waals surface area contributed by atoms with Crippen LogP contribution in [-0.4, -0.2) is 0 Å². The number of nitriles is 2. The van der Waals surface area contributed by atoms with Gasteiger partial charge in [0.25, 0.3) is 0 Å². The van der Waals surface area contributed by atoms with Crippen molar-refractivity contribution in [3.8, 4) is 12.1 Å². The van der Waals surface area contributed by atoms with Gasteiger partial charge in [0.1, 0.15) is 12.1 Å². The van der Waals surface area contributed by atoms with Gasteiger partial charge in [0.15, 0.2) is 0 Å². The van der Waals surface area contributed by atoms with E-state index in [1.807, 2.05) is 0 Å². The van der Waals surface area contributed by atoms with Crippen LogP contribution in [0.15, 0.2) is 12.1 Å². The van der Waals surface area contributed by atoms with Crippen LogP contribution in [0.25, 0.3) is 0 Å². The van der Waals surface area contributed by atoms with E-state index in [2.05, 4.69) is 38.1 Å². The van der Waals surface area contributed by atoms with E-state index in [9.17, 15) is 10.5 Å². The predicted molar refractivity (Wildman–Crippen MR) is 106 cm³/mol. The zero-order valence-corrected chi connectivity index (χ0v) is 16.5. The van der Waals surface area contributed by atoms with E-state index in [0.717, 1.165) is 18.4 Å². The SMILES string of the molecule is CCCCCC12CCC(c3ccc(CCC)c(C#N)c3C#N)(CC1)CC2. The first kappa shape index (κ1) is 19.0. The van der Waals surface area contributed by atoms with E-state index in [-0.39, 0.29) is 5.41 Å². The van der Waals surface area contributed by atoms with E-state index in [1.54, 1.807) is 0 Å². The Labute approximate surface area is 159 Å². The van der Waals surface area contributed by atoms with Crippen molar-refractivity contribution in [1.29, 1.82) is 10.5 Å². The first-order chi connectivity index (χ1) is 12.6. The Hall–Kier alpha value is -1.80. The van der Waals surface area contributed by atoms with Crippen LogP contribution in [0.2, 0.25) is 0 Å². The molecule has 0 saturated heterocycles. The molecule has 2 heteroatoms. The lowest BCUT2D eigenvalue weighted by atomic mass is 9.50. The van der Waals surface area contributed by atoms with Gasteiger partial charge in [-0.1, -0.05) is 51.7 Å². The molecule has 0 heterocycles. The molecule has 0 aromatic heterocycles. The second kappa shape index (κ2) is 7.84. The number of rotatable bonds is 7. The van der Waals surface area contributed by atoms with E-state index < -0.39 is 0 Å². The summed E-state index contributed by atoms with van der Waals surface area (Å²) in [5.74, 6) is 0. The molecule has 138 valence electrons. The van der Waals surface area contributed by atoms with Gasteiger partial charge >= 0.3 is 0 Å². The second-order valence-electron chi connectivity index (χ2n) is 8.73. The molecular weight excluding hydrogens is 316 g/mol. The molecule has 0 radical (unpaired) electrons. The molecule has 3 aliphatic carbocycles. The molecule has 0 spiro atoms. The largest absolute Gasteiger partial charge is 0.192 e. The Balaban J connectivity index is 1.88. The molecular formula is C24H32N2. The molecule has 2 bridgehead atoms. The molecule has 4 rings (SSSR count). The Morgan fingerprint density at radius 3 is 2.04 bits per heavy atom. The van der Waals surface area contributed by atoms with Gasteiger partial charge in [-0.3, -0.25) is 0 Å². The summed E-state index contributed by atoms with van der Waals surface area (Å²) < 4.78 is 0. The molecule has 0 unspecified atom stereocenters. The quantitative estimate of drug-likeness (QED) is 0.524. The highest BCUT2D eigenvalue weighted by Gasteiger charge is 2.49. The Morgan fingerprint density at radius 1 is 0.846 bits per heavy atom. The minimum atomic E-state index is 0.147.